The predicted molar refractivity (Wildman–Crippen MR) is 87.8 cm³/mol. The molecule has 1 aromatic heterocycles. The van der Waals surface area contributed by atoms with Gasteiger partial charge in [-0.1, -0.05) is 12.1 Å². The summed E-state index contributed by atoms with van der Waals surface area (Å²) in [6.07, 6.45) is 4.96. The largest absolute Gasteiger partial charge is 0.340 e. The summed E-state index contributed by atoms with van der Waals surface area (Å²) >= 11 is 1.43. The summed E-state index contributed by atoms with van der Waals surface area (Å²) < 4.78 is 0. The van der Waals surface area contributed by atoms with Gasteiger partial charge >= 0.3 is 0 Å². The molecule has 2 aromatic rings. The van der Waals surface area contributed by atoms with Crippen LogP contribution < -0.4 is 5.32 Å². The molecule has 0 spiro atoms. The number of hydrogen-bond acceptors (Lipinski definition) is 5. The Morgan fingerprint density at radius 2 is 2.17 bits per heavy atom. The minimum atomic E-state index is -0.415. The van der Waals surface area contributed by atoms with E-state index in [0.717, 1.165) is 16.3 Å². The maximum atomic E-state index is 12.4. The van der Waals surface area contributed by atoms with Crippen LogP contribution in [0.25, 0.3) is 0 Å². The van der Waals surface area contributed by atoms with Crippen LogP contribution in [0.4, 0.5) is 5.69 Å². The summed E-state index contributed by atoms with van der Waals surface area (Å²) in [7, 11) is 1.70. The van der Waals surface area contributed by atoms with Crippen molar-refractivity contribution in [2.75, 3.05) is 12.4 Å². The molecule has 0 aliphatic carbocycles. The number of hydrogen-bond donors (Lipinski definition) is 1. The molecule has 1 N–H and O–H groups in total. The molecule has 2 amide bonds. The molecule has 3 rings (SSSR count). The second-order valence-electron chi connectivity index (χ2n) is 5.24. The number of para-hydroxylation sites is 1. The van der Waals surface area contributed by atoms with Crippen LogP contribution in [0.5, 0.6) is 0 Å². The van der Waals surface area contributed by atoms with Gasteiger partial charge in [-0.25, -0.2) is 0 Å². The number of thioether (sulfide) groups is 1. The second-order valence-corrected chi connectivity index (χ2v) is 6.49. The van der Waals surface area contributed by atoms with Crippen molar-refractivity contribution in [3.05, 3.63) is 48.5 Å². The fourth-order valence-corrected chi connectivity index (χ4v) is 3.39. The third-order valence-electron chi connectivity index (χ3n) is 3.51. The van der Waals surface area contributed by atoms with Gasteiger partial charge in [-0.05, 0) is 12.1 Å². The monoisotopic (exact) mass is 328 g/mol. The molecule has 0 radical (unpaired) electrons. The highest BCUT2D eigenvalue weighted by molar-refractivity contribution is 8.01. The van der Waals surface area contributed by atoms with Crippen LogP contribution in [0.15, 0.2) is 47.8 Å². The predicted octanol–water partition coefficient (Wildman–Crippen LogP) is 1.94. The van der Waals surface area contributed by atoms with E-state index in [1.165, 1.54) is 11.8 Å². The van der Waals surface area contributed by atoms with Crippen LogP contribution >= 0.6 is 11.8 Å². The van der Waals surface area contributed by atoms with E-state index in [1.54, 1.807) is 30.5 Å². The SMILES string of the molecule is CN(Cc1cnccn1)C(=O)CC1Sc2ccccc2NC1=O. The number of aromatic nitrogens is 2. The average Bonchev–Trinajstić information content (AvgIpc) is 2.56. The molecule has 0 saturated heterocycles. The Morgan fingerprint density at radius 1 is 1.35 bits per heavy atom. The van der Waals surface area contributed by atoms with E-state index in [-0.39, 0.29) is 18.2 Å². The highest BCUT2D eigenvalue weighted by Crippen LogP contribution is 2.36. The first-order chi connectivity index (χ1) is 11.1. The van der Waals surface area contributed by atoms with Crippen LogP contribution in [0.2, 0.25) is 0 Å². The summed E-state index contributed by atoms with van der Waals surface area (Å²) in [6.45, 7) is 0.377. The van der Waals surface area contributed by atoms with E-state index in [4.69, 9.17) is 0 Å². The Labute approximate surface area is 138 Å². The zero-order chi connectivity index (χ0) is 16.2. The van der Waals surface area contributed by atoms with Gasteiger partial charge in [-0.2, -0.15) is 0 Å². The Balaban J connectivity index is 1.63. The van der Waals surface area contributed by atoms with Gasteiger partial charge < -0.3 is 10.2 Å². The Kier molecular flexibility index (Phi) is 4.57. The quantitative estimate of drug-likeness (QED) is 0.928. The van der Waals surface area contributed by atoms with Crippen molar-refractivity contribution >= 4 is 29.3 Å². The van der Waals surface area contributed by atoms with E-state index in [0.29, 0.717) is 6.54 Å². The zero-order valence-corrected chi connectivity index (χ0v) is 13.4. The summed E-state index contributed by atoms with van der Waals surface area (Å²) in [6, 6.07) is 7.60. The highest BCUT2D eigenvalue weighted by atomic mass is 32.2. The minimum absolute atomic E-state index is 0.0947. The van der Waals surface area contributed by atoms with Crippen LogP contribution in [0, 0.1) is 0 Å². The van der Waals surface area contributed by atoms with Gasteiger partial charge in [-0.15, -0.1) is 11.8 Å². The van der Waals surface area contributed by atoms with Crippen molar-refractivity contribution in [1.29, 1.82) is 0 Å². The van der Waals surface area contributed by atoms with Gasteiger partial charge in [0.05, 0.1) is 29.4 Å². The van der Waals surface area contributed by atoms with Crippen LogP contribution in [-0.4, -0.2) is 39.0 Å². The molecule has 1 aromatic carbocycles. The summed E-state index contributed by atoms with van der Waals surface area (Å²) in [4.78, 5) is 35.2. The molecule has 118 valence electrons. The molecule has 0 saturated carbocycles. The second kappa shape index (κ2) is 6.78. The van der Waals surface area contributed by atoms with Gasteiger partial charge in [-0.3, -0.25) is 19.6 Å². The highest BCUT2D eigenvalue weighted by Gasteiger charge is 2.29. The third-order valence-corrected chi connectivity index (χ3v) is 4.78. The number of anilines is 1. The van der Waals surface area contributed by atoms with Crippen molar-refractivity contribution in [2.24, 2.45) is 0 Å². The number of carbonyl (C=O) groups is 2. The van der Waals surface area contributed by atoms with E-state index in [2.05, 4.69) is 15.3 Å². The van der Waals surface area contributed by atoms with Crippen molar-refractivity contribution in [3.63, 3.8) is 0 Å². The first-order valence-corrected chi connectivity index (χ1v) is 8.07. The normalized spacial score (nSPS) is 16.4. The van der Waals surface area contributed by atoms with Gasteiger partial charge in [0, 0.05) is 30.8 Å². The van der Waals surface area contributed by atoms with Gasteiger partial charge in [0.15, 0.2) is 0 Å². The van der Waals surface area contributed by atoms with Crippen molar-refractivity contribution < 1.29 is 9.59 Å². The zero-order valence-electron chi connectivity index (χ0n) is 12.6. The van der Waals surface area contributed by atoms with E-state index in [9.17, 15) is 9.59 Å². The molecule has 0 fully saturated rings. The van der Waals surface area contributed by atoms with Crippen molar-refractivity contribution in [3.8, 4) is 0 Å². The van der Waals surface area contributed by atoms with Gasteiger partial charge in [0.1, 0.15) is 0 Å². The lowest BCUT2D eigenvalue weighted by Crippen LogP contribution is -2.35. The molecular formula is C16H16N4O2S. The number of benzene rings is 1. The maximum Gasteiger partial charge on any atom is 0.238 e. The summed E-state index contributed by atoms with van der Waals surface area (Å²) in [5.41, 5.74) is 1.52. The van der Waals surface area contributed by atoms with Gasteiger partial charge in [0.2, 0.25) is 11.8 Å². The third kappa shape index (κ3) is 3.68. The lowest BCUT2D eigenvalue weighted by molar-refractivity contribution is -0.131. The fraction of sp³-hybridized carbons (Fsp3) is 0.250. The molecule has 1 unspecified atom stereocenters. The lowest BCUT2D eigenvalue weighted by Gasteiger charge is -2.25. The molecular weight excluding hydrogens is 312 g/mol. The number of nitrogens with one attached hydrogen (secondary N) is 1. The maximum absolute atomic E-state index is 12.4. The number of amides is 2. The van der Waals surface area contributed by atoms with E-state index < -0.39 is 5.25 Å². The Morgan fingerprint density at radius 3 is 2.96 bits per heavy atom. The molecule has 6 nitrogen and oxygen atoms in total. The Bertz CT molecular complexity index is 723. The van der Waals surface area contributed by atoms with Gasteiger partial charge in [0.25, 0.3) is 0 Å². The number of nitrogens with zero attached hydrogens (tertiary/aromatic N) is 3. The van der Waals surface area contributed by atoms with Crippen LogP contribution in [-0.2, 0) is 16.1 Å². The summed E-state index contributed by atoms with van der Waals surface area (Å²) in [5.74, 6) is -0.224. The Hall–Kier alpha value is -2.41. The fourth-order valence-electron chi connectivity index (χ4n) is 2.28. The molecule has 1 aliphatic rings. The number of fused-ring (bicyclic) bond motifs is 1. The summed E-state index contributed by atoms with van der Waals surface area (Å²) in [5, 5.41) is 2.44. The average molecular weight is 328 g/mol. The molecule has 23 heavy (non-hydrogen) atoms. The lowest BCUT2D eigenvalue weighted by atomic mass is 10.2. The smallest absolute Gasteiger partial charge is 0.238 e. The molecule has 1 aliphatic heterocycles. The van der Waals surface area contributed by atoms with Crippen LogP contribution in [0.1, 0.15) is 12.1 Å². The number of carbonyl (C=O) groups excluding carboxylic acids is 2. The van der Waals surface area contributed by atoms with Crippen LogP contribution in [0.3, 0.4) is 0 Å². The minimum Gasteiger partial charge on any atom is -0.340 e. The standard InChI is InChI=1S/C16H16N4O2S/c1-20(10-11-9-17-6-7-18-11)15(21)8-14-16(22)19-12-4-2-3-5-13(12)23-14/h2-7,9,14H,8,10H2,1H3,(H,19,22). The molecule has 1 atom stereocenters. The molecule has 2 heterocycles. The molecule has 0 bridgehead atoms. The molecule has 7 heteroatoms. The first-order valence-electron chi connectivity index (χ1n) is 7.19. The van der Waals surface area contributed by atoms with E-state index >= 15 is 0 Å². The van der Waals surface area contributed by atoms with Crippen molar-refractivity contribution in [1.82, 2.24) is 14.9 Å². The topological polar surface area (TPSA) is 75.2 Å². The first kappa shape index (κ1) is 15.5. The number of rotatable bonds is 4. The van der Waals surface area contributed by atoms with Crippen molar-refractivity contribution in [2.45, 2.75) is 23.1 Å². The van der Waals surface area contributed by atoms with E-state index in [1.807, 2.05) is 24.3 Å².